The molecule has 0 bridgehead atoms. The number of aryl methyl sites for hydroxylation is 1. The Hall–Kier alpha value is -1.95. The molecule has 2 aromatic rings. The van der Waals surface area contributed by atoms with E-state index in [4.69, 9.17) is 0 Å². The van der Waals surface area contributed by atoms with Crippen molar-refractivity contribution in [3.05, 3.63) is 24.3 Å². The molecule has 0 saturated heterocycles. The summed E-state index contributed by atoms with van der Waals surface area (Å²) in [7, 11) is 7.75. The number of anilines is 1. The maximum absolute atomic E-state index is 4.56. The van der Waals surface area contributed by atoms with Gasteiger partial charge in [0.25, 0.3) is 0 Å². The number of hydrogen-bond acceptors (Lipinski definition) is 5. The zero-order chi connectivity index (χ0) is 13.1. The topological polar surface area (TPSA) is 58.9 Å². The van der Waals surface area contributed by atoms with Crippen LogP contribution in [0.15, 0.2) is 18.5 Å². The van der Waals surface area contributed by atoms with Crippen LogP contribution in [-0.4, -0.2) is 45.8 Å². The molecule has 0 aliphatic carbocycles. The van der Waals surface area contributed by atoms with Crippen LogP contribution < -0.4 is 5.32 Å². The third-order valence-electron chi connectivity index (χ3n) is 2.49. The molecular weight excluding hydrogens is 228 g/mol. The van der Waals surface area contributed by atoms with Crippen LogP contribution in [0.3, 0.4) is 0 Å². The first-order valence-corrected chi connectivity index (χ1v) is 5.78. The van der Waals surface area contributed by atoms with Crippen LogP contribution in [0.4, 0.5) is 5.82 Å². The molecule has 2 aromatic heterocycles. The van der Waals surface area contributed by atoms with E-state index >= 15 is 0 Å². The monoisotopic (exact) mass is 246 g/mol. The molecule has 0 amide bonds. The van der Waals surface area contributed by atoms with Gasteiger partial charge in [0.15, 0.2) is 0 Å². The van der Waals surface area contributed by atoms with Gasteiger partial charge in [-0.3, -0.25) is 4.68 Å². The van der Waals surface area contributed by atoms with Crippen LogP contribution in [0.2, 0.25) is 0 Å². The van der Waals surface area contributed by atoms with Gasteiger partial charge in [0, 0.05) is 31.9 Å². The van der Waals surface area contributed by atoms with Crippen LogP contribution in [0, 0.1) is 0 Å². The standard InChI is InChI=1S/C12H18N6/c1-13-11-5-10(9-6-14-18(4)7-9)15-12(16-11)8-17(2)3/h5-7H,8H2,1-4H3,(H,13,15,16). The van der Waals surface area contributed by atoms with Gasteiger partial charge in [-0.25, -0.2) is 9.97 Å². The minimum Gasteiger partial charge on any atom is -0.373 e. The normalized spacial score (nSPS) is 10.9. The number of hydrogen-bond donors (Lipinski definition) is 1. The molecule has 0 saturated carbocycles. The van der Waals surface area contributed by atoms with Crippen molar-refractivity contribution in [1.82, 2.24) is 24.6 Å². The SMILES string of the molecule is CNc1cc(-c2cnn(C)c2)nc(CN(C)C)n1. The highest BCUT2D eigenvalue weighted by Crippen LogP contribution is 2.19. The zero-order valence-electron chi connectivity index (χ0n) is 11.2. The van der Waals surface area contributed by atoms with Crippen molar-refractivity contribution >= 4 is 5.82 Å². The van der Waals surface area contributed by atoms with E-state index in [0.29, 0.717) is 6.54 Å². The Morgan fingerprint density at radius 1 is 1.33 bits per heavy atom. The smallest absolute Gasteiger partial charge is 0.145 e. The third-order valence-corrected chi connectivity index (χ3v) is 2.49. The molecule has 0 fully saturated rings. The van der Waals surface area contributed by atoms with Gasteiger partial charge in [-0.15, -0.1) is 0 Å². The number of rotatable bonds is 4. The lowest BCUT2D eigenvalue weighted by Crippen LogP contribution is -2.14. The average Bonchev–Trinajstić information content (AvgIpc) is 2.74. The first kappa shape index (κ1) is 12.5. The number of nitrogens with one attached hydrogen (secondary N) is 1. The molecule has 0 unspecified atom stereocenters. The Kier molecular flexibility index (Phi) is 3.57. The number of aromatic nitrogens is 4. The Morgan fingerprint density at radius 2 is 2.11 bits per heavy atom. The van der Waals surface area contributed by atoms with Crippen LogP contribution >= 0.6 is 0 Å². The van der Waals surface area contributed by atoms with Crippen LogP contribution in [0.5, 0.6) is 0 Å². The van der Waals surface area contributed by atoms with Crippen molar-refractivity contribution in [2.24, 2.45) is 7.05 Å². The molecule has 0 spiro atoms. The minimum absolute atomic E-state index is 0.711. The van der Waals surface area contributed by atoms with Crippen molar-refractivity contribution in [3.63, 3.8) is 0 Å². The van der Waals surface area contributed by atoms with Crippen LogP contribution in [0.1, 0.15) is 5.82 Å². The molecule has 0 radical (unpaired) electrons. The van der Waals surface area contributed by atoms with Gasteiger partial charge in [-0.05, 0) is 14.1 Å². The van der Waals surface area contributed by atoms with E-state index in [9.17, 15) is 0 Å². The highest BCUT2D eigenvalue weighted by molar-refractivity contribution is 5.60. The van der Waals surface area contributed by atoms with Gasteiger partial charge >= 0.3 is 0 Å². The van der Waals surface area contributed by atoms with E-state index in [-0.39, 0.29) is 0 Å². The largest absolute Gasteiger partial charge is 0.373 e. The van der Waals surface area contributed by atoms with E-state index in [1.807, 2.05) is 45.4 Å². The molecule has 96 valence electrons. The summed E-state index contributed by atoms with van der Waals surface area (Å²) in [6, 6.07) is 1.93. The van der Waals surface area contributed by atoms with Crippen molar-refractivity contribution in [1.29, 1.82) is 0 Å². The zero-order valence-corrected chi connectivity index (χ0v) is 11.2. The van der Waals surface area contributed by atoms with Crippen LogP contribution in [0.25, 0.3) is 11.3 Å². The Bertz CT molecular complexity index is 531. The van der Waals surface area contributed by atoms with Gasteiger partial charge in [-0.2, -0.15) is 5.10 Å². The molecule has 6 heteroatoms. The fourth-order valence-corrected chi connectivity index (χ4v) is 1.68. The number of nitrogens with zero attached hydrogens (tertiary/aromatic N) is 5. The van der Waals surface area contributed by atoms with Crippen molar-refractivity contribution in [2.75, 3.05) is 26.5 Å². The Balaban J connectivity index is 2.40. The molecule has 0 aliphatic heterocycles. The molecule has 18 heavy (non-hydrogen) atoms. The summed E-state index contributed by atoms with van der Waals surface area (Å²) in [4.78, 5) is 11.0. The second-order valence-electron chi connectivity index (χ2n) is 4.45. The predicted molar refractivity (Wildman–Crippen MR) is 71.2 cm³/mol. The summed E-state index contributed by atoms with van der Waals surface area (Å²) in [5, 5.41) is 7.23. The summed E-state index contributed by atoms with van der Waals surface area (Å²) >= 11 is 0. The van der Waals surface area contributed by atoms with Gasteiger partial charge in [0.05, 0.1) is 18.4 Å². The quantitative estimate of drug-likeness (QED) is 0.871. The maximum Gasteiger partial charge on any atom is 0.145 e. The fraction of sp³-hybridized carbons (Fsp3) is 0.417. The first-order valence-electron chi connectivity index (χ1n) is 5.78. The Labute approximate surface area is 107 Å². The van der Waals surface area contributed by atoms with Crippen molar-refractivity contribution in [3.8, 4) is 11.3 Å². The fourth-order valence-electron chi connectivity index (χ4n) is 1.68. The summed E-state index contributed by atoms with van der Waals surface area (Å²) in [5.41, 5.74) is 1.88. The molecule has 0 atom stereocenters. The lowest BCUT2D eigenvalue weighted by atomic mass is 10.2. The van der Waals surface area contributed by atoms with Gasteiger partial charge in [0.2, 0.25) is 0 Å². The summed E-state index contributed by atoms with van der Waals surface area (Å²) in [6.45, 7) is 0.711. The maximum atomic E-state index is 4.56. The molecule has 0 aliphatic rings. The van der Waals surface area contributed by atoms with Crippen molar-refractivity contribution < 1.29 is 0 Å². The van der Waals surface area contributed by atoms with Crippen molar-refractivity contribution in [2.45, 2.75) is 6.54 Å². The molecule has 2 rings (SSSR count). The summed E-state index contributed by atoms with van der Waals surface area (Å²) in [6.07, 6.45) is 3.75. The van der Waals surface area contributed by atoms with Gasteiger partial charge < -0.3 is 10.2 Å². The second kappa shape index (κ2) is 5.14. The summed E-state index contributed by atoms with van der Waals surface area (Å²) in [5.74, 6) is 1.62. The van der Waals surface area contributed by atoms with E-state index in [2.05, 4.69) is 20.4 Å². The lowest BCUT2D eigenvalue weighted by molar-refractivity contribution is 0.391. The van der Waals surface area contributed by atoms with E-state index in [1.165, 1.54) is 0 Å². The lowest BCUT2D eigenvalue weighted by Gasteiger charge is -2.10. The van der Waals surface area contributed by atoms with E-state index in [1.54, 1.807) is 10.9 Å². The molecule has 0 aromatic carbocycles. The van der Waals surface area contributed by atoms with Gasteiger partial charge in [0.1, 0.15) is 11.6 Å². The molecular formula is C12H18N6. The summed E-state index contributed by atoms with van der Waals surface area (Å²) < 4.78 is 1.77. The second-order valence-corrected chi connectivity index (χ2v) is 4.45. The minimum atomic E-state index is 0.711. The van der Waals surface area contributed by atoms with E-state index in [0.717, 1.165) is 22.9 Å². The van der Waals surface area contributed by atoms with Gasteiger partial charge in [-0.1, -0.05) is 0 Å². The molecule has 1 N–H and O–H groups in total. The Morgan fingerprint density at radius 3 is 2.67 bits per heavy atom. The highest BCUT2D eigenvalue weighted by atomic mass is 15.2. The van der Waals surface area contributed by atoms with Crippen LogP contribution in [-0.2, 0) is 13.6 Å². The molecule has 6 nitrogen and oxygen atoms in total. The first-order chi connectivity index (χ1) is 8.58. The predicted octanol–water partition coefficient (Wildman–Crippen LogP) is 0.980. The third kappa shape index (κ3) is 2.84. The highest BCUT2D eigenvalue weighted by Gasteiger charge is 2.08. The van der Waals surface area contributed by atoms with E-state index < -0.39 is 0 Å². The average molecular weight is 246 g/mol. The molecule has 2 heterocycles.